The van der Waals surface area contributed by atoms with E-state index in [1.54, 1.807) is 0 Å². The predicted octanol–water partition coefficient (Wildman–Crippen LogP) is 2.24. The lowest BCUT2D eigenvalue weighted by molar-refractivity contribution is 0.286. The number of halogens is 1. The van der Waals surface area contributed by atoms with Crippen LogP contribution in [-0.2, 0) is 6.42 Å². The smallest absolute Gasteiger partial charge is 0.0443 e. The van der Waals surface area contributed by atoms with E-state index in [4.69, 9.17) is 16.7 Å². The number of aliphatic hydroxyl groups is 1. The van der Waals surface area contributed by atoms with E-state index in [0.717, 1.165) is 37.4 Å². The SMILES string of the molecule is OCCCNCCCc1ccc(Cl)cc1. The summed E-state index contributed by atoms with van der Waals surface area (Å²) in [6, 6.07) is 7.98. The average Bonchev–Trinajstić information content (AvgIpc) is 2.26. The van der Waals surface area contributed by atoms with Crippen molar-refractivity contribution in [2.24, 2.45) is 0 Å². The summed E-state index contributed by atoms with van der Waals surface area (Å²) in [6.45, 7) is 2.17. The Kier molecular flexibility index (Phi) is 6.41. The van der Waals surface area contributed by atoms with Gasteiger partial charge < -0.3 is 10.4 Å². The predicted molar refractivity (Wildman–Crippen MR) is 64.3 cm³/mol. The Hall–Kier alpha value is -0.570. The van der Waals surface area contributed by atoms with Gasteiger partial charge in [-0.1, -0.05) is 23.7 Å². The molecule has 0 aliphatic rings. The highest BCUT2D eigenvalue weighted by molar-refractivity contribution is 6.30. The molecule has 0 amide bonds. The Labute approximate surface area is 96.3 Å². The first-order valence-corrected chi connectivity index (χ1v) is 5.77. The molecule has 0 saturated heterocycles. The summed E-state index contributed by atoms with van der Waals surface area (Å²) in [7, 11) is 0. The molecule has 0 saturated carbocycles. The summed E-state index contributed by atoms with van der Waals surface area (Å²) in [5, 5.41) is 12.6. The summed E-state index contributed by atoms with van der Waals surface area (Å²) in [5.74, 6) is 0. The number of hydrogen-bond donors (Lipinski definition) is 2. The van der Waals surface area contributed by atoms with Crippen LogP contribution in [0.4, 0.5) is 0 Å². The highest BCUT2D eigenvalue weighted by Gasteiger charge is 1.93. The van der Waals surface area contributed by atoms with Crippen LogP contribution in [-0.4, -0.2) is 24.8 Å². The fourth-order valence-electron chi connectivity index (χ4n) is 1.40. The zero-order chi connectivity index (χ0) is 10.9. The van der Waals surface area contributed by atoms with Crippen molar-refractivity contribution in [2.45, 2.75) is 19.3 Å². The van der Waals surface area contributed by atoms with E-state index in [1.165, 1.54) is 5.56 Å². The van der Waals surface area contributed by atoms with Gasteiger partial charge in [-0.3, -0.25) is 0 Å². The standard InChI is InChI=1S/C12H18ClNO/c13-12-6-4-11(5-7-12)3-1-8-14-9-2-10-15/h4-7,14-15H,1-3,8-10H2. The van der Waals surface area contributed by atoms with E-state index < -0.39 is 0 Å². The van der Waals surface area contributed by atoms with Crippen LogP contribution in [0, 0.1) is 0 Å². The third kappa shape index (κ3) is 5.78. The number of nitrogens with one attached hydrogen (secondary N) is 1. The van der Waals surface area contributed by atoms with Gasteiger partial charge in [0, 0.05) is 11.6 Å². The average molecular weight is 228 g/mol. The molecule has 0 aliphatic heterocycles. The molecule has 1 rings (SSSR count). The van der Waals surface area contributed by atoms with E-state index in [9.17, 15) is 0 Å². The van der Waals surface area contributed by atoms with Gasteiger partial charge in [0.15, 0.2) is 0 Å². The molecule has 0 heterocycles. The van der Waals surface area contributed by atoms with E-state index in [-0.39, 0.29) is 6.61 Å². The lowest BCUT2D eigenvalue weighted by atomic mass is 10.1. The van der Waals surface area contributed by atoms with Crippen LogP contribution in [0.15, 0.2) is 24.3 Å². The normalized spacial score (nSPS) is 10.5. The van der Waals surface area contributed by atoms with Gasteiger partial charge in [-0.25, -0.2) is 0 Å². The molecule has 2 nitrogen and oxygen atoms in total. The molecule has 3 heteroatoms. The first-order chi connectivity index (χ1) is 7.33. The van der Waals surface area contributed by atoms with Gasteiger partial charge in [-0.2, -0.15) is 0 Å². The third-order valence-corrected chi connectivity index (χ3v) is 2.50. The van der Waals surface area contributed by atoms with Crippen molar-refractivity contribution in [1.82, 2.24) is 5.32 Å². The number of aliphatic hydroxyl groups excluding tert-OH is 1. The van der Waals surface area contributed by atoms with Crippen LogP contribution in [0.25, 0.3) is 0 Å². The summed E-state index contributed by atoms with van der Waals surface area (Å²) < 4.78 is 0. The van der Waals surface area contributed by atoms with E-state index in [0.29, 0.717) is 0 Å². The Bertz CT molecular complexity index is 261. The molecule has 0 radical (unpaired) electrons. The van der Waals surface area contributed by atoms with Gasteiger partial charge in [0.25, 0.3) is 0 Å². The molecule has 15 heavy (non-hydrogen) atoms. The van der Waals surface area contributed by atoms with Crippen LogP contribution < -0.4 is 5.32 Å². The molecule has 0 fully saturated rings. The molecular weight excluding hydrogens is 210 g/mol. The van der Waals surface area contributed by atoms with E-state index >= 15 is 0 Å². The van der Waals surface area contributed by atoms with Crippen molar-refractivity contribution in [3.05, 3.63) is 34.9 Å². The molecular formula is C12H18ClNO. The topological polar surface area (TPSA) is 32.3 Å². The maximum atomic E-state index is 8.57. The van der Waals surface area contributed by atoms with Crippen molar-refractivity contribution in [3.8, 4) is 0 Å². The Morgan fingerprint density at radius 1 is 1.07 bits per heavy atom. The quantitative estimate of drug-likeness (QED) is 0.701. The molecule has 0 bridgehead atoms. The molecule has 0 aromatic heterocycles. The Morgan fingerprint density at radius 2 is 1.73 bits per heavy atom. The van der Waals surface area contributed by atoms with E-state index in [2.05, 4.69) is 17.4 Å². The summed E-state index contributed by atoms with van der Waals surface area (Å²) in [5.41, 5.74) is 1.32. The van der Waals surface area contributed by atoms with Gasteiger partial charge >= 0.3 is 0 Å². The molecule has 2 N–H and O–H groups in total. The van der Waals surface area contributed by atoms with Crippen molar-refractivity contribution >= 4 is 11.6 Å². The summed E-state index contributed by atoms with van der Waals surface area (Å²) >= 11 is 5.79. The van der Waals surface area contributed by atoms with Crippen molar-refractivity contribution in [1.29, 1.82) is 0 Å². The first-order valence-electron chi connectivity index (χ1n) is 5.39. The fourth-order valence-corrected chi connectivity index (χ4v) is 1.52. The van der Waals surface area contributed by atoms with Crippen LogP contribution in [0.5, 0.6) is 0 Å². The van der Waals surface area contributed by atoms with Gasteiger partial charge in [0.05, 0.1) is 0 Å². The number of aryl methyl sites for hydroxylation is 1. The van der Waals surface area contributed by atoms with Crippen LogP contribution in [0.1, 0.15) is 18.4 Å². The minimum atomic E-state index is 0.268. The van der Waals surface area contributed by atoms with Crippen molar-refractivity contribution in [3.63, 3.8) is 0 Å². The van der Waals surface area contributed by atoms with Gasteiger partial charge in [-0.05, 0) is 50.0 Å². The largest absolute Gasteiger partial charge is 0.396 e. The second kappa shape index (κ2) is 7.69. The molecule has 84 valence electrons. The third-order valence-electron chi connectivity index (χ3n) is 2.24. The highest BCUT2D eigenvalue weighted by atomic mass is 35.5. The molecule has 1 aromatic rings. The van der Waals surface area contributed by atoms with Gasteiger partial charge in [-0.15, -0.1) is 0 Å². The Balaban J connectivity index is 2.07. The summed E-state index contributed by atoms with van der Waals surface area (Å²) in [4.78, 5) is 0. The molecule has 1 aromatic carbocycles. The molecule has 0 unspecified atom stereocenters. The van der Waals surface area contributed by atoms with Gasteiger partial charge in [0.2, 0.25) is 0 Å². The van der Waals surface area contributed by atoms with Crippen molar-refractivity contribution < 1.29 is 5.11 Å². The number of hydrogen-bond acceptors (Lipinski definition) is 2. The maximum Gasteiger partial charge on any atom is 0.0443 e. The maximum absolute atomic E-state index is 8.57. The second-order valence-electron chi connectivity index (χ2n) is 3.56. The lowest BCUT2D eigenvalue weighted by Crippen LogP contribution is -2.18. The van der Waals surface area contributed by atoms with Crippen molar-refractivity contribution in [2.75, 3.05) is 19.7 Å². The minimum absolute atomic E-state index is 0.268. The molecule has 0 aliphatic carbocycles. The van der Waals surface area contributed by atoms with Crippen LogP contribution in [0.2, 0.25) is 5.02 Å². The Morgan fingerprint density at radius 3 is 2.40 bits per heavy atom. The van der Waals surface area contributed by atoms with Crippen LogP contribution in [0.3, 0.4) is 0 Å². The summed E-state index contributed by atoms with van der Waals surface area (Å²) in [6.07, 6.45) is 3.03. The number of benzene rings is 1. The zero-order valence-electron chi connectivity index (χ0n) is 8.88. The minimum Gasteiger partial charge on any atom is -0.396 e. The second-order valence-corrected chi connectivity index (χ2v) is 3.99. The van der Waals surface area contributed by atoms with E-state index in [1.807, 2.05) is 12.1 Å². The monoisotopic (exact) mass is 227 g/mol. The fraction of sp³-hybridized carbons (Fsp3) is 0.500. The first kappa shape index (κ1) is 12.5. The molecule has 0 spiro atoms. The zero-order valence-corrected chi connectivity index (χ0v) is 9.63. The van der Waals surface area contributed by atoms with Crippen LogP contribution >= 0.6 is 11.6 Å². The molecule has 0 atom stereocenters. The number of rotatable bonds is 7. The lowest BCUT2D eigenvalue weighted by Gasteiger charge is -2.03. The van der Waals surface area contributed by atoms with Gasteiger partial charge in [0.1, 0.15) is 0 Å². The highest BCUT2D eigenvalue weighted by Crippen LogP contribution is 2.10.